The van der Waals surface area contributed by atoms with E-state index < -0.39 is 0 Å². The number of aromatic nitrogens is 2. The van der Waals surface area contributed by atoms with Crippen molar-refractivity contribution in [2.24, 2.45) is 5.84 Å². The Morgan fingerprint density at radius 3 is 2.76 bits per heavy atom. The monoisotopic (exact) mass is 303 g/mol. The van der Waals surface area contributed by atoms with Gasteiger partial charge in [0.2, 0.25) is 0 Å². The number of hydrogen-bond acceptors (Lipinski definition) is 6. The van der Waals surface area contributed by atoms with Crippen LogP contribution in [-0.2, 0) is 6.42 Å². The summed E-state index contributed by atoms with van der Waals surface area (Å²) < 4.78 is 0. The maximum Gasteiger partial charge on any atom is 0.148 e. The minimum absolute atomic E-state index is 0.311. The molecule has 1 fully saturated rings. The number of hydrogen-bond donors (Lipinski definition) is 3. The molecule has 0 aromatic carbocycles. The number of thiophene rings is 1. The summed E-state index contributed by atoms with van der Waals surface area (Å²) in [5, 5.41) is 7.80. The lowest BCUT2D eigenvalue weighted by Gasteiger charge is -2.18. The summed E-state index contributed by atoms with van der Waals surface area (Å²) in [6.45, 7) is 4.16. The molecule has 4 N–H and O–H groups in total. The Hall–Kier alpha value is -1.66. The average molecular weight is 303 g/mol. The molecule has 6 heteroatoms. The molecule has 2 aromatic heterocycles. The van der Waals surface area contributed by atoms with Gasteiger partial charge in [-0.1, -0.05) is 0 Å². The van der Waals surface area contributed by atoms with Gasteiger partial charge in [0.1, 0.15) is 17.5 Å². The van der Waals surface area contributed by atoms with E-state index in [4.69, 9.17) is 10.8 Å². The predicted octanol–water partition coefficient (Wildman–Crippen LogP) is 3.05. The number of anilines is 2. The highest BCUT2D eigenvalue weighted by molar-refractivity contribution is 7.07. The SMILES string of the molecule is Cc1c(NN)nc(C2CC2)nc1NC(C)Cc1ccsc1. The second kappa shape index (κ2) is 5.99. The van der Waals surface area contributed by atoms with Crippen LogP contribution in [0.1, 0.15) is 42.6 Å². The van der Waals surface area contributed by atoms with Crippen LogP contribution < -0.4 is 16.6 Å². The van der Waals surface area contributed by atoms with E-state index in [1.807, 2.05) is 6.92 Å². The van der Waals surface area contributed by atoms with Gasteiger partial charge in [-0.05, 0) is 55.5 Å². The lowest BCUT2D eigenvalue weighted by molar-refractivity contribution is 0.778. The molecule has 0 spiro atoms. The van der Waals surface area contributed by atoms with Crippen molar-refractivity contribution >= 4 is 23.0 Å². The van der Waals surface area contributed by atoms with E-state index in [-0.39, 0.29) is 0 Å². The first-order valence-corrected chi connectivity index (χ1v) is 8.24. The molecule has 21 heavy (non-hydrogen) atoms. The van der Waals surface area contributed by atoms with E-state index in [0.717, 1.165) is 29.4 Å². The number of hydrazine groups is 1. The number of nitrogens with two attached hydrogens (primary N) is 1. The number of rotatable bonds is 6. The van der Waals surface area contributed by atoms with Gasteiger partial charge in [0.05, 0.1) is 0 Å². The summed E-state index contributed by atoms with van der Waals surface area (Å²) in [5.41, 5.74) is 5.01. The van der Waals surface area contributed by atoms with Gasteiger partial charge in [-0.15, -0.1) is 0 Å². The maximum atomic E-state index is 5.58. The summed E-state index contributed by atoms with van der Waals surface area (Å²) in [7, 11) is 0. The zero-order chi connectivity index (χ0) is 14.8. The third-order valence-electron chi connectivity index (χ3n) is 3.75. The van der Waals surface area contributed by atoms with Crippen LogP contribution in [0.4, 0.5) is 11.6 Å². The molecule has 1 aliphatic rings. The summed E-state index contributed by atoms with van der Waals surface area (Å²) in [6, 6.07) is 2.48. The molecule has 1 aliphatic carbocycles. The van der Waals surface area contributed by atoms with Gasteiger partial charge >= 0.3 is 0 Å². The van der Waals surface area contributed by atoms with Crippen LogP contribution in [0.5, 0.6) is 0 Å². The van der Waals surface area contributed by atoms with E-state index in [2.05, 4.69) is 39.5 Å². The molecule has 2 heterocycles. The van der Waals surface area contributed by atoms with E-state index in [9.17, 15) is 0 Å². The summed E-state index contributed by atoms with van der Waals surface area (Å²) in [6.07, 6.45) is 3.34. The molecule has 0 aliphatic heterocycles. The van der Waals surface area contributed by atoms with Crippen molar-refractivity contribution in [1.29, 1.82) is 0 Å². The van der Waals surface area contributed by atoms with Crippen LogP contribution in [0.15, 0.2) is 16.8 Å². The smallest absolute Gasteiger partial charge is 0.148 e. The minimum Gasteiger partial charge on any atom is -0.367 e. The summed E-state index contributed by atoms with van der Waals surface area (Å²) >= 11 is 1.73. The van der Waals surface area contributed by atoms with Crippen LogP contribution in [0.2, 0.25) is 0 Å². The van der Waals surface area contributed by atoms with Gasteiger partial charge in [0.15, 0.2) is 0 Å². The molecule has 0 radical (unpaired) electrons. The van der Waals surface area contributed by atoms with Crippen molar-refractivity contribution in [2.75, 3.05) is 10.7 Å². The first kappa shape index (κ1) is 14.3. The van der Waals surface area contributed by atoms with E-state index >= 15 is 0 Å². The average Bonchev–Trinajstić information content (AvgIpc) is 3.20. The van der Waals surface area contributed by atoms with Crippen molar-refractivity contribution in [3.05, 3.63) is 33.8 Å². The summed E-state index contributed by atoms with van der Waals surface area (Å²) in [4.78, 5) is 9.21. The van der Waals surface area contributed by atoms with Crippen LogP contribution in [0.25, 0.3) is 0 Å². The van der Waals surface area contributed by atoms with Gasteiger partial charge in [0, 0.05) is 17.5 Å². The van der Waals surface area contributed by atoms with Crippen LogP contribution in [0, 0.1) is 6.92 Å². The lowest BCUT2D eigenvalue weighted by Crippen LogP contribution is -2.21. The van der Waals surface area contributed by atoms with Crippen LogP contribution >= 0.6 is 11.3 Å². The molecule has 0 amide bonds. The van der Waals surface area contributed by atoms with E-state index in [0.29, 0.717) is 12.0 Å². The Kier molecular flexibility index (Phi) is 4.07. The zero-order valence-corrected chi connectivity index (χ0v) is 13.2. The summed E-state index contributed by atoms with van der Waals surface area (Å²) in [5.74, 6) is 8.60. The molecular formula is C15H21N5S. The normalized spacial score (nSPS) is 15.8. The van der Waals surface area contributed by atoms with Crippen molar-refractivity contribution < 1.29 is 0 Å². The highest BCUT2D eigenvalue weighted by atomic mass is 32.1. The predicted molar refractivity (Wildman–Crippen MR) is 87.7 cm³/mol. The number of nitrogens with zero attached hydrogens (tertiary/aromatic N) is 2. The molecule has 5 nitrogen and oxygen atoms in total. The topological polar surface area (TPSA) is 75.9 Å². The Bertz CT molecular complexity index is 607. The Morgan fingerprint density at radius 1 is 1.38 bits per heavy atom. The highest BCUT2D eigenvalue weighted by Gasteiger charge is 2.28. The fourth-order valence-corrected chi connectivity index (χ4v) is 3.07. The van der Waals surface area contributed by atoms with Gasteiger partial charge in [-0.25, -0.2) is 15.8 Å². The van der Waals surface area contributed by atoms with Crippen molar-refractivity contribution in [3.63, 3.8) is 0 Å². The molecule has 0 saturated heterocycles. The first-order valence-electron chi connectivity index (χ1n) is 7.30. The molecule has 3 rings (SSSR count). The lowest BCUT2D eigenvalue weighted by atomic mass is 10.1. The van der Waals surface area contributed by atoms with Crippen LogP contribution in [0.3, 0.4) is 0 Å². The van der Waals surface area contributed by atoms with Crippen LogP contribution in [-0.4, -0.2) is 16.0 Å². The molecule has 112 valence electrons. The van der Waals surface area contributed by atoms with Gasteiger partial charge < -0.3 is 10.7 Å². The number of nitrogen functional groups attached to an aromatic ring is 1. The molecular weight excluding hydrogens is 282 g/mol. The Labute approximate surface area is 129 Å². The molecule has 2 aromatic rings. The third-order valence-corrected chi connectivity index (χ3v) is 4.48. The third kappa shape index (κ3) is 3.33. The zero-order valence-electron chi connectivity index (χ0n) is 12.4. The largest absolute Gasteiger partial charge is 0.367 e. The second-order valence-electron chi connectivity index (χ2n) is 5.70. The van der Waals surface area contributed by atoms with Crippen molar-refractivity contribution in [2.45, 2.75) is 45.1 Å². The second-order valence-corrected chi connectivity index (χ2v) is 6.48. The Morgan fingerprint density at radius 2 is 2.14 bits per heavy atom. The molecule has 1 saturated carbocycles. The highest BCUT2D eigenvalue weighted by Crippen LogP contribution is 2.39. The first-order chi connectivity index (χ1) is 10.2. The molecule has 1 unspecified atom stereocenters. The number of nitrogens with one attached hydrogen (secondary N) is 2. The minimum atomic E-state index is 0.311. The Balaban J connectivity index is 1.78. The van der Waals surface area contributed by atoms with Crippen molar-refractivity contribution in [3.8, 4) is 0 Å². The quantitative estimate of drug-likeness (QED) is 0.565. The van der Waals surface area contributed by atoms with Gasteiger partial charge in [0.25, 0.3) is 0 Å². The fourth-order valence-electron chi connectivity index (χ4n) is 2.39. The molecule has 1 atom stereocenters. The van der Waals surface area contributed by atoms with Crippen molar-refractivity contribution in [1.82, 2.24) is 9.97 Å². The maximum absolute atomic E-state index is 5.58. The molecule has 0 bridgehead atoms. The fraction of sp³-hybridized carbons (Fsp3) is 0.467. The van der Waals surface area contributed by atoms with Gasteiger partial charge in [-0.2, -0.15) is 11.3 Å². The van der Waals surface area contributed by atoms with E-state index in [1.54, 1.807) is 11.3 Å². The standard InChI is InChI=1S/C15H21N5S/c1-9(7-11-5-6-21-8-11)17-13-10(2)14(20-16)19-15(18-13)12-3-4-12/h5-6,8-9,12H,3-4,7,16H2,1-2H3,(H2,17,18,19,20). The van der Waals surface area contributed by atoms with E-state index in [1.165, 1.54) is 18.4 Å². The van der Waals surface area contributed by atoms with Gasteiger partial charge in [-0.3, -0.25) is 0 Å².